The van der Waals surface area contributed by atoms with Crippen LogP contribution in [0.5, 0.6) is 0 Å². The van der Waals surface area contributed by atoms with Crippen LogP contribution in [0.15, 0.2) is 15.7 Å². The number of aromatic nitrogens is 2. The smallest absolute Gasteiger partial charge is 0.303 e. The minimum atomic E-state index is -0.225. The normalized spacial score (nSPS) is 16.5. The van der Waals surface area contributed by atoms with Gasteiger partial charge in [0.15, 0.2) is 0 Å². The van der Waals surface area contributed by atoms with Gasteiger partial charge in [0.1, 0.15) is 0 Å². The summed E-state index contributed by atoms with van der Waals surface area (Å²) >= 11 is 0. The van der Waals surface area contributed by atoms with Crippen LogP contribution in [-0.4, -0.2) is 33.7 Å². The van der Waals surface area contributed by atoms with E-state index < -0.39 is 0 Å². The van der Waals surface area contributed by atoms with Crippen LogP contribution in [0.25, 0.3) is 0 Å². The number of piperidine rings is 1. The molecule has 0 spiro atoms. The molecule has 0 bridgehead atoms. The Balaban J connectivity index is 1.86. The molecule has 1 aliphatic rings. The van der Waals surface area contributed by atoms with Crippen molar-refractivity contribution in [3.63, 3.8) is 0 Å². The predicted octanol–water partition coefficient (Wildman–Crippen LogP) is 1.12. The van der Waals surface area contributed by atoms with Gasteiger partial charge in [-0.2, -0.15) is 0 Å². The Morgan fingerprint density at radius 1 is 1.05 bits per heavy atom. The number of rotatable bonds is 5. The van der Waals surface area contributed by atoms with Crippen molar-refractivity contribution < 1.29 is 0 Å². The SMILES string of the molecule is Cc1cc(=O)n(C)c(=O)n1CCCCN1CCCCC1. The highest BCUT2D eigenvalue weighted by molar-refractivity contribution is 4.99. The van der Waals surface area contributed by atoms with Crippen LogP contribution in [0, 0.1) is 6.92 Å². The highest BCUT2D eigenvalue weighted by Crippen LogP contribution is 2.09. The van der Waals surface area contributed by atoms with E-state index in [1.807, 2.05) is 6.92 Å². The summed E-state index contributed by atoms with van der Waals surface area (Å²) in [5.74, 6) is 0. The largest absolute Gasteiger partial charge is 0.330 e. The number of aryl methyl sites for hydroxylation is 1. The van der Waals surface area contributed by atoms with E-state index in [4.69, 9.17) is 0 Å². The monoisotopic (exact) mass is 279 g/mol. The Hall–Kier alpha value is -1.36. The molecule has 0 saturated carbocycles. The quantitative estimate of drug-likeness (QED) is 0.759. The van der Waals surface area contributed by atoms with Crippen LogP contribution in [0.3, 0.4) is 0 Å². The lowest BCUT2D eigenvalue weighted by atomic mass is 10.1. The zero-order valence-corrected chi connectivity index (χ0v) is 12.6. The van der Waals surface area contributed by atoms with Crippen LogP contribution < -0.4 is 11.2 Å². The highest BCUT2D eigenvalue weighted by Gasteiger charge is 2.10. The van der Waals surface area contributed by atoms with Gasteiger partial charge in [0.2, 0.25) is 0 Å². The molecule has 2 rings (SSSR count). The first-order valence-electron chi connectivity index (χ1n) is 7.59. The van der Waals surface area contributed by atoms with Crippen LogP contribution in [0.1, 0.15) is 37.8 Å². The summed E-state index contributed by atoms with van der Waals surface area (Å²) in [6, 6.07) is 1.53. The molecule has 0 atom stereocenters. The lowest BCUT2D eigenvalue weighted by Crippen LogP contribution is -2.38. The van der Waals surface area contributed by atoms with Crippen molar-refractivity contribution in [1.82, 2.24) is 14.0 Å². The standard InChI is InChI=1S/C15H25N3O2/c1-13-12-14(19)16(2)15(20)18(13)11-7-6-10-17-8-4-3-5-9-17/h12H,3-11H2,1-2H3. The van der Waals surface area contributed by atoms with Gasteiger partial charge in [-0.15, -0.1) is 0 Å². The average molecular weight is 279 g/mol. The number of unbranched alkanes of at least 4 members (excludes halogenated alkanes) is 1. The minimum absolute atomic E-state index is 0.201. The molecule has 5 heteroatoms. The van der Waals surface area contributed by atoms with E-state index in [2.05, 4.69) is 4.90 Å². The van der Waals surface area contributed by atoms with Crippen LogP contribution >= 0.6 is 0 Å². The molecule has 1 aromatic rings. The first kappa shape index (κ1) is 15.0. The molecule has 0 unspecified atom stereocenters. The predicted molar refractivity (Wildman–Crippen MR) is 80.2 cm³/mol. The van der Waals surface area contributed by atoms with E-state index >= 15 is 0 Å². The van der Waals surface area contributed by atoms with E-state index in [1.165, 1.54) is 50.0 Å². The van der Waals surface area contributed by atoms with E-state index in [9.17, 15) is 9.59 Å². The van der Waals surface area contributed by atoms with E-state index in [0.717, 1.165) is 25.1 Å². The molecular weight excluding hydrogens is 254 g/mol. The molecule has 5 nitrogen and oxygen atoms in total. The molecule has 0 radical (unpaired) electrons. The molecule has 1 fully saturated rings. The Morgan fingerprint density at radius 2 is 1.70 bits per heavy atom. The van der Waals surface area contributed by atoms with Gasteiger partial charge in [-0.05, 0) is 52.2 Å². The molecule has 1 aliphatic heterocycles. The van der Waals surface area contributed by atoms with Crippen molar-refractivity contribution in [2.45, 2.75) is 45.6 Å². The Morgan fingerprint density at radius 3 is 2.40 bits per heavy atom. The summed E-state index contributed by atoms with van der Waals surface area (Å²) in [7, 11) is 1.54. The molecule has 2 heterocycles. The van der Waals surface area contributed by atoms with Crippen LogP contribution in [0.2, 0.25) is 0 Å². The fraction of sp³-hybridized carbons (Fsp3) is 0.733. The van der Waals surface area contributed by atoms with E-state index in [0.29, 0.717) is 6.54 Å². The number of hydrogen-bond acceptors (Lipinski definition) is 3. The van der Waals surface area contributed by atoms with Gasteiger partial charge in [-0.25, -0.2) is 4.79 Å². The zero-order chi connectivity index (χ0) is 14.5. The number of hydrogen-bond donors (Lipinski definition) is 0. The van der Waals surface area contributed by atoms with E-state index in [-0.39, 0.29) is 11.2 Å². The van der Waals surface area contributed by atoms with Gasteiger partial charge in [0.05, 0.1) is 0 Å². The van der Waals surface area contributed by atoms with Crippen LogP contribution in [-0.2, 0) is 13.6 Å². The summed E-state index contributed by atoms with van der Waals surface area (Å²) in [6.45, 7) is 6.09. The maximum atomic E-state index is 12.0. The third-order valence-electron chi connectivity index (χ3n) is 4.16. The lowest BCUT2D eigenvalue weighted by molar-refractivity contribution is 0.223. The van der Waals surface area contributed by atoms with Crippen molar-refractivity contribution in [3.05, 3.63) is 32.6 Å². The fourth-order valence-electron chi connectivity index (χ4n) is 2.84. The second kappa shape index (κ2) is 6.88. The molecule has 0 N–H and O–H groups in total. The minimum Gasteiger partial charge on any atom is -0.303 e. The second-order valence-corrected chi connectivity index (χ2v) is 5.73. The number of likely N-dealkylation sites (tertiary alicyclic amines) is 1. The van der Waals surface area contributed by atoms with Crippen LogP contribution in [0.4, 0.5) is 0 Å². The van der Waals surface area contributed by atoms with Gasteiger partial charge in [-0.3, -0.25) is 13.9 Å². The topological polar surface area (TPSA) is 47.2 Å². The van der Waals surface area contributed by atoms with Gasteiger partial charge < -0.3 is 4.90 Å². The third kappa shape index (κ3) is 3.60. The van der Waals surface area contributed by atoms with Crippen molar-refractivity contribution in [3.8, 4) is 0 Å². The maximum absolute atomic E-state index is 12.0. The maximum Gasteiger partial charge on any atom is 0.330 e. The molecule has 0 aromatic carbocycles. The van der Waals surface area contributed by atoms with E-state index in [1.54, 1.807) is 4.57 Å². The first-order valence-corrected chi connectivity index (χ1v) is 7.59. The summed E-state index contributed by atoms with van der Waals surface area (Å²) < 4.78 is 2.88. The molecule has 0 aliphatic carbocycles. The third-order valence-corrected chi connectivity index (χ3v) is 4.16. The van der Waals surface area contributed by atoms with Gasteiger partial charge in [-0.1, -0.05) is 6.42 Å². The Bertz CT molecular complexity index is 553. The molecule has 1 aromatic heterocycles. The van der Waals surface area contributed by atoms with Crippen molar-refractivity contribution in [2.75, 3.05) is 19.6 Å². The summed E-state index contributed by atoms with van der Waals surface area (Å²) in [5, 5.41) is 0. The zero-order valence-electron chi connectivity index (χ0n) is 12.6. The molecule has 20 heavy (non-hydrogen) atoms. The fourth-order valence-corrected chi connectivity index (χ4v) is 2.84. The molecular formula is C15H25N3O2. The first-order chi connectivity index (χ1) is 9.59. The summed E-state index contributed by atoms with van der Waals surface area (Å²) in [4.78, 5) is 26.0. The van der Waals surface area contributed by atoms with Crippen molar-refractivity contribution >= 4 is 0 Å². The molecule has 0 amide bonds. The van der Waals surface area contributed by atoms with Crippen molar-refractivity contribution in [2.24, 2.45) is 7.05 Å². The van der Waals surface area contributed by atoms with Crippen molar-refractivity contribution in [1.29, 1.82) is 0 Å². The lowest BCUT2D eigenvalue weighted by Gasteiger charge is -2.26. The molecule has 1 saturated heterocycles. The number of nitrogens with zero attached hydrogens (tertiary/aromatic N) is 3. The van der Waals surface area contributed by atoms with Gasteiger partial charge in [0.25, 0.3) is 5.56 Å². The molecule has 112 valence electrons. The van der Waals surface area contributed by atoms with Gasteiger partial charge in [0, 0.05) is 25.4 Å². The Kier molecular flexibility index (Phi) is 5.17. The highest BCUT2D eigenvalue weighted by atomic mass is 16.2. The second-order valence-electron chi connectivity index (χ2n) is 5.73. The average Bonchev–Trinajstić information content (AvgIpc) is 2.45. The summed E-state index contributed by atoms with van der Waals surface area (Å²) in [5.41, 5.74) is 0.334. The Labute approximate surface area is 119 Å². The van der Waals surface area contributed by atoms with Gasteiger partial charge >= 0.3 is 5.69 Å². The summed E-state index contributed by atoms with van der Waals surface area (Å²) in [6.07, 6.45) is 6.09.